The van der Waals surface area contributed by atoms with E-state index in [0.717, 1.165) is 54.8 Å². The number of rotatable bonds is 3. The molecule has 0 N–H and O–H groups in total. The summed E-state index contributed by atoms with van der Waals surface area (Å²) in [5, 5.41) is 7.59. The van der Waals surface area contributed by atoms with Crippen molar-refractivity contribution in [2.24, 2.45) is 0 Å². The molecule has 0 saturated heterocycles. The number of ether oxygens (including phenoxy) is 1. The summed E-state index contributed by atoms with van der Waals surface area (Å²) < 4.78 is 6.55. The van der Waals surface area contributed by atoms with Crippen LogP contribution >= 0.6 is 11.8 Å². The molecule has 1 aliphatic heterocycles. The normalized spacial score (nSPS) is 12.2. The lowest BCUT2D eigenvalue weighted by molar-refractivity contribution is 0.456. The minimum Gasteiger partial charge on any atom is -0.454 e. The van der Waals surface area contributed by atoms with Gasteiger partial charge in [0.2, 0.25) is 0 Å². The molecule has 0 spiro atoms. The average Bonchev–Trinajstić information content (AvgIpc) is 3.10. The van der Waals surface area contributed by atoms with Gasteiger partial charge in [-0.25, -0.2) is 0 Å². The molecule has 0 unspecified atom stereocenters. The maximum atomic E-state index is 6.55. The van der Waals surface area contributed by atoms with Gasteiger partial charge < -0.3 is 4.74 Å². The quantitative estimate of drug-likeness (QED) is 0.195. The highest BCUT2D eigenvalue weighted by Gasteiger charge is 2.22. The van der Waals surface area contributed by atoms with Crippen LogP contribution in [0.5, 0.6) is 11.5 Å². The van der Waals surface area contributed by atoms with E-state index in [0.29, 0.717) is 0 Å². The van der Waals surface area contributed by atoms with Crippen LogP contribution in [0, 0.1) is 0 Å². The van der Waals surface area contributed by atoms with Crippen molar-refractivity contribution in [2.45, 2.75) is 9.79 Å². The maximum Gasteiger partial charge on any atom is 0.149 e. The van der Waals surface area contributed by atoms with Gasteiger partial charge in [-0.05, 0) is 91.5 Å². The van der Waals surface area contributed by atoms with Crippen molar-refractivity contribution >= 4 is 44.1 Å². The van der Waals surface area contributed by atoms with E-state index >= 15 is 0 Å². The fraction of sp³-hybridized carbons (Fsp3) is 0. The van der Waals surface area contributed by atoms with Crippen molar-refractivity contribution in [2.75, 3.05) is 0 Å². The molecule has 0 saturated carbocycles. The molecular formula is C40H24N2OS. The Morgan fingerprint density at radius 1 is 0.477 bits per heavy atom. The minimum atomic E-state index is 0.832. The molecule has 0 atom stereocenters. The lowest BCUT2D eigenvalue weighted by Crippen LogP contribution is -1.97. The van der Waals surface area contributed by atoms with Gasteiger partial charge in [0.05, 0.1) is 21.7 Å². The minimum absolute atomic E-state index is 0.832. The summed E-state index contributed by atoms with van der Waals surface area (Å²) in [6.07, 6.45) is 5.28. The molecule has 0 amide bonds. The molecule has 9 rings (SSSR count). The summed E-state index contributed by atoms with van der Waals surface area (Å²) in [7, 11) is 0. The zero-order valence-corrected chi connectivity index (χ0v) is 24.4. The van der Waals surface area contributed by atoms with Crippen molar-refractivity contribution in [3.05, 3.63) is 146 Å². The third-order valence-corrected chi connectivity index (χ3v) is 9.54. The SMILES string of the molecule is c1ccc2c(c1)Oc1c(cccc1-c1cc(-c3ccc4c5ccccc5c5ccccc5c4c3)cc(-c3cnccn3)c1)S2. The van der Waals surface area contributed by atoms with Gasteiger partial charge >= 0.3 is 0 Å². The first-order valence-electron chi connectivity index (χ1n) is 14.6. The predicted molar refractivity (Wildman–Crippen MR) is 181 cm³/mol. The van der Waals surface area contributed by atoms with Crippen LogP contribution in [0.3, 0.4) is 0 Å². The van der Waals surface area contributed by atoms with Gasteiger partial charge in [0, 0.05) is 23.5 Å². The number of hydrogen-bond acceptors (Lipinski definition) is 4. The van der Waals surface area contributed by atoms with Gasteiger partial charge in [0.15, 0.2) is 0 Å². The van der Waals surface area contributed by atoms with Gasteiger partial charge in [-0.2, -0.15) is 0 Å². The number of fused-ring (bicyclic) bond motifs is 8. The second-order valence-corrected chi connectivity index (χ2v) is 12.1. The van der Waals surface area contributed by atoms with Crippen LogP contribution in [0.2, 0.25) is 0 Å². The van der Waals surface area contributed by atoms with E-state index in [1.165, 1.54) is 32.3 Å². The molecule has 4 heteroatoms. The lowest BCUT2D eigenvalue weighted by atomic mass is 9.90. The maximum absolute atomic E-state index is 6.55. The Bertz CT molecular complexity index is 2370. The summed E-state index contributed by atoms with van der Waals surface area (Å²) in [6.45, 7) is 0. The fourth-order valence-corrected chi connectivity index (χ4v) is 7.39. The molecule has 3 nitrogen and oxygen atoms in total. The molecule has 44 heavy (non-hydrogen) atoms. The second-order valence-electron chi connectivity index (χ2n) is 11.0. The van der Waals surface area contributed by atoms with Crippen molar-refractivity contribution in [3.63, 3.8) is 0 Å². The van der Waals surface area contributed by atoms with Crippen LogP contribution in [0.25, 0.3) is 65.8 Å². The number of aromatic nitrogens is 2. The van der Waals surface area contributed by atoms with Gasteiger partial charge in [-0.15, -0.1) is 0 Å². The predicted octanol–water partition coefficient (Wildman–Crippen LogP) is 11.2. The highest BCUT2D eigenvalue weighted by molar-refractivity contribution is 7.99. The van der Waals surface area contributed by atoms with Gasteiger partial charge in [-0.3, -0.25) is 9.97 Å². The van der Waals surface area contributed by atoms with E-state index in [1.54, 1.807) is 24.2 Å². The van der Waals surface area contributed by atoms with E-state index in [9.17, 15) is 0 Å². The highest BCUT2D eigenvalue weighted by atomic mass is 32.2. The third-order valence-electron chi connectivity index (χ3n) is 8.44. The molecule has 7 aromatic carbocycles. The molecule has 0 bridgehead atoms. The molecule has 1 aliphatic rings. The average molecular weight is 581 g/mol. The monoisotopic (exact) mass is 580 g/mol. The van der Waals surface area contributed by atoms with E-state index in [1.807, 2.05) is 18.3 Å². The zero-order chi connectivity index (χ0) is 29.0. The lowest BCUT2D eigenvalue weighted by Gasteiger charge is -2.22. The summed E-state index contributed by atoms with van der Waals surface area (Å²) in [4.78, 5) is 11.3. The van der Waals surface area contributed by atoms with E-state index < -0.39 is 0 Å². The molecule has 0 fully saturated rings. The second kappa shape index (κ2) is 10.1. The molecule has 206 valence electrons. The number of para-hydroxylation sites is 2. The number of benzene rings is 7. The van der Waals surface area contributed by atoms with Crippen LogP contribution in [-0.2, 0) is 0 Å². The zero-order valence-electron chi connectivity index (χ0n) is 23.6. The molecule has 2 heterocycles. The van der Waals surface area contributed by atoms with Crippen LogP contribution in [0.1, 0.15) is 0 Å². The smallest absolute Gasteiger partial charge is 0.149 e. The Labute approximate surface area is 258 Å². The summed E-state index contributed by atoms with van der Waals surface area (Å²) >= 11 is 1.75. The van der Waals surface area contributed by atoms with E-state index in [2.05, 4.69) is 125 Å². The Morgan fingerprint density at radius 3 is 1.91 bits per heavy atom. The van der Waals surface area contributed by atoms with Gasteiger partial charge in [0.1, 0.15) is 11.5 Å². The van der Waals surface area contributed by atoms with Gasteiger partial charge in [0.25, 0.3) is 0 Å². The van der Waals surface area contributed by atoms with Crippen molar-refractivity contribution in [1.82, 2.24) is 9.97 Å². The first-order valence-corrected chi connectivity index (χ1v) is 15.4. The van der Waals surface area contributed by atoms with Crippen LogP contribution in [0.4, 0.5) is 0 Å². The Kier molecular flexibility index (Phi) is 5.75. The standard InChI is InChI=1S/C40H24N2OS/c1-2-10-32-30(8-1)31-9-3-4-11-33(31)35-23-25(16-17-34(32)35)26-20-27(22-28(21-26)36-24-41-18-19-42-36)29-12-7-15-39-40(29)43-37-13-5-6-14-38(37)44-39/h1-24H. The van der Waals surface area contributed by atoms with Crippen LogP contribution in [-0.4, -0.2) is 9.97 Å². The topological polar surface area (TPSA) is 35.0 Å². The molecule has 1 aromatic heterocycles. The summed E-state index contributed by atoms with van der Waals surface area (Å²) in [6, 6.07) is 45.6. The first kappa shape index (κ1) is 25.1. The van der Waals surface area contributed by atoms with Crippen LogP contribution < -0.4 is 4.74 Å². The first-order chi connectivity index (χ1) is 21.8. The van der Waals surface area contributed by atoms with Crippen LogP contribution in [0.15, 0.2) is 156 Å². The highest BCUT2D eigenvalue weighted by Crippen LogP contribution is 2.51. The largest absolute Gasteiger partial charge is 0.454 e. The van der Waals surface area contributed by atoms with Crippen molar-refractivity contribution in [3.8, 4) is 45.0 Å². The Balaban J connectivity index is 1.27. The third kappa shape index (κ3) is 4.07. The van der Waals surface area contributed by atoms with Crippen molar-refractivity contribution < 1.29 is 4.74 Å². The molecule has 0 aliphatic carbocycles. The van der Waals surface area contributed by atoms with Crippen molar-refractivity contribution in [1.29, 1.82) is 0 Å². The fourth-order valence-electron chi connectivity index (χ4n) is 6.41. The molecular weight excluding hydrogens is 557 g/mol. The van der Waals surface area contributed by atoms with E-state index in [-0.39, 0.29) is 0 Å². The summed E-state index contributed by atoms with van der Waals surface area (Å²) in [5.41, 5.74) is 6.23. The number of nitrogens with zero attached hydrogens (tertiary/aromatic N) is 2. The number of hydrogen-bond donors (Lipinski definition) is 0. The molecule has 0 radical (unpaired) electrons. The van der Waals surface area contributed by atoms with E-state index in [4.69, 9.17) is 4.74 Å². The Hall–Kier alpha value is -5.45. The van der Waals surface area contributed by atoms with Gasteiger partial charge in [-0.1, -0.05) is 96.7 Å². The molecule has 8 aromatic rings. The Morgan fingerprint density at radius 2 is 1.14 bits per heavy atom. The summed E-state index contributed by atoms with van der Waals surface area (Å²) in [5.74, 6) is 1.77.